The lowest BCUT2D eigenvalue weighted by molar-refractivity contribution is 0.102. The predicted octanol–water partition coefficient (Wildman–Crippen LogP) is 0.683. The third-order valence-electron chi connectivity index (χ3n) is 2.86. The Labute approximate surface area is 116 Å². The smallest absolute Gasteiger partial charge is 0.407 e. The van der Waals surface area contributed by atoms with E-state index in [9.17, 15) is 9.90 Å². The van der Waals surface area contributed by atoms with Crippen LogP contribution in [-0.4, -0.2) is 44.7 Å². The van der Waals surface area contributed by atoms with Crippen LogP contribution in [0.5, 0.6) is 17.2 Å². The van der Waals surface area contributed by atoms with E-state index >= 15 is 0 Å². The molecule has 1 heterocycles. The zero-order valence-electron chi connectivity index (χ0n) is 11.3. The Bertz CT molecular complexity index is 465. The van der Waals surface area contributed by atoms with Crippen LogP contribution in [-0.2, 0) is 11.3 Å². The Kier molecular flexibility index (Phi) is 4.52. The second-order valence-corrected chi connectivity index (χ2v) is 4.21. The number of methoxy groups -OCH3 is 2. The summed E-state index contributed by atoms with van der Waals surface area (Å²) in [7, 11) is 3.00. The van der Waals surface area contributed by atoms with Crippen molar-refractivity contribution in [2.24, 2.45) is 0 Å². The third kappa shape index (κ3) is 3.05. The van der Waals surface area contributed by atoms with Crippen LogP contribution >= 0.6 is 0 Å². The number of cyclic esters (lactones) is 1. The van der Waals surface area contributed by atoms with Gasteiger partial charge in [0.05, 0.1) is 27.4 Å². The Morgan fingerprint density at radius 1 is 1.35 bits per heavy atom. The minimum Gasteiger partial charge on any atom is -0.493 e. The van der Waals surface area contributed by atoms with Crippen molar-refractivity contribution in [3.63, 3.8) is 0 Å². The van der Waals surface area contributed by atoms with Crippen molar-refractivity contribution >= 4 is 6.09 Å². The molecule has 110 valence electrons. The molecular weight excluding hydrogens is 266 g/mol. The maximum absolute atomic E-state index is 10.9. The first-order valence-electron chi connectivity index (χ1n) is 6.11. The molecule has 0 aliphatic carbocycles. The molecule has 1 aliphatic heterocycles. The second-order valence-electron chi connectivity index (χ2n) is 4.21. The molecule has 1 aliphatic rings. The van der Waals surface area contributed by atoms with Gasteiger partial charge in [-0.1, -0.05) is 0 Å². The van der Waals surface area contributed by atoms with Crippen LogP contribution in [0.4, 0.5) is 4.79 Å². The van der Waals surface area contributed by atoms with Crippen LogP contribution in [0.1, 0.15) is 5.56 Å². The highest BCUT2D eigenvalue weighted by Gasteiger charge is 2.24. The van der Waals surface area contributed by atoms with Crippen LogP contribution < -0.4 is 19.5 Å². The number of hydrogen-bond donors (Lipinski definition) is 2. The summed E-state index contributed by atoms with van der Waals surface area (Å²) in [4.78, 5) is 10.9. The third-order valence-corrected chi connectivity index (χ3v) is 2.86. The van der Waals surface area contributed by atoms with Crippen LogP contribution in [0.15, 0.2) is 12.1 Å². The summed E-state index contributed by atoms with van der Waals surface area (Å²) in [6, 6.07) is 3.33. The fraction of sp³-hybridized carbons (Fsp3) is 0.462. The lowest BCUT2D eigenvalue weighted by Crippen LogP contribution is -2.22. The van der Waals surface area contributed by atoms with Gasteiger partial charge in [0.1, 0.15) is 6.61 Å². The average molecular weight is 283 g/mol. The second kappa shape index (κ2) is 6.33. The number of aliphatic hydroxyl groups excluding tert-OH is 1. The highest BCUT2D eigenvalue weighted by Crippen LogP contribution is 2.38. The Hall–Kier alpha value is -2.15. The van der Waals surface area contributed by atoms with Crippen molar-refractivity contribution in [3.05, 3.63) is 17.7 Å². The van der Waals surface area contributed by atoms with E-state index in [4.69, 9.17) is 18.9 Å². The molecule has 0 aromatic heterocycles. The van der Waals surface area contributed by atoms with Gasteiger partial charge in [0.15, 0.2) is 17.6 Å². The lowest BCUT2D eigenvalue weighted by Gasteiger charge is -2.17. The maximum atomic E-state index is 10.9. The topological polar surface area (TPSA) is 86.3 Å². The van der Waals surface area contributed by atoms with E-state index in [2.05, 4.69) is 5.32 Å². The minimum atomic E-state index is -0.451. The zero-order valence-corrected chi connectivity index (χ0v) is 11.3. The molecule has 0 saturated carbocycles. The van der Waals surface area contributed by atoms with Gasteiger partial charge >= 0.3 is 6.09 Å². The van der Waals surface area contributed by atoms with Crippen molar-refractivity contribution in [3.8, 4) is 17.2 Å². The molecular formula is C13H17NO6. The van der Waals surface area contributed by atoms with Gasteiger partial charge < -0.3 is 29.4 Å². The van der Waals surface area contributed by atoms with Crippen molar-refractivity contribution < 1.29 is 28.8 Å². The van der Waals surface area contributed by atoms with Gasteiger partial charge in [-0.3, -0.25) is 0 Å². The molecule has 1 aromatic rings. The van der Waals surface area contributed by atoms with E-state index in [-0.39, 0.29) is 19.3 Å². The molecule has 2 N–H and O–H groups in total. The number of benzene rings is 1. The molecule has 1 fully saturated rings. The van der Waals surface area contributed by atoms with Crippen LogP contribution in [0.25, 0.3) is 0 Å². The summed E-state index contributed by atoms with van der Waals surface area (Å²) in [6.45, 7) is 0.458. The van der Waals surface area contributed by atoms with Gasteiger partial charge in [-0.05, 0) is 17.7 Å². The van der Waals surface area contributed by atoms with Gasteiger partial charge in [-0.15, -0.1) is 0 Å². The van der Waals surface area contributed by atoms with Crippen molar-refractivity contribution in [1.29, 1.82) is 0 Å². The molecule has 0 bridgehead atoms. The fourth-order valence-electron chi connectivity index (χ4n) is 1.87. The molecule has 1 unspecified atom stereocenters. The highest BCUT2D eigenvalue weighted by molar-refractivity contribution is 5.69. The van der Waals surface area contributed by atoms with Gasteiger partial charge in [0.25, 0.3) is 0 Å². The number of hydrogen-bond acceptors (Lipinski definition) is 6. The number of amides is 1. The minimum absolute atomic E-state index is 0.128. The Morgan fingerprint density at radius 3 is 2.45 bits per heavy atom. The molecule has 0 radical (unpaired) electrons. The van der Waals surface area contributed by atoms with E-state index in [1.807, 2.05) is 0 Å². The predicted molar refractivity (Wildman–Crippen MR) is 69.2 cm³/mol. The monoisotopic (exact) mass is 283 g/mol. The number of alkyl carbamates (subject to hydrolysis) is 1. The van der Waals surface area contributed by atoms with Crippen LogP contribution in [0.3, 0.4) is 0 Å². The number of ether oxygens (including phenoxy) is 4. The Balaban J connectivity index is 2.14. The highest BCUT2D eigenvalue weighted by atomic mass is 16.6. The summed E-state index contributed by atoms with van der Waals surface area (Å²) < 4.78 is 21.1. The van der Waals surface area contributed by atoms with E-state index in [1.54, 1.807) is 12.1 Å². The average Bonchev–Trinajstić information content (AvgIpc) is 2.89. The maximum Gasteiger partial charge on any atom is 0.407 e. The molecule has 1 atom stereocenters. The van der Waals surface area contributed by atoms with Gasteiger partial charge in [0, 0.05) is 0 Å². The lowest BCUT2D eigenvalue weighted by atomic mass is 10.2. The molecule has 1 saturated heterocycles. The van der Waals surface area contributed by atoms with Crippen LogP contribution in [0.2, 0.25) is 0 Å². The van der Waals surface area contributed by atoms with Gasteiger partial charge in [-0.25, -0.2) is 4.79 Å². The van der Waals surface area contributed by atoms with E-state index < -0.39 is 6.09 Å². The quantitative estimate of drug-likeness (QED) is 0.798. The van der Waals surface area contributed by atoms with Crippen molar-refractivity contribution in [1.82, 2.24) is 5.32 Å². The standard InChI is InChI=1S/C13H17NO6/c1-17-10-3-8(6-15)4-11(18-2)12(10)19-7-9-5-14-13(16)20-9/h3-4,9,15H,5-7H2,1-2H3,(H,14,16). The summed E-state index contributed by atoms with van der Waals surface area (Å²) in [6.07, 6.45) is -0.803. The molecule has 20 heavy (non-hydrogen) atoms. The molecule has 7 nitrogen and oxygen atoms in total. The number of nitrogens with one attached hydrogen (secondary N) is 1. The first-order chi connectivity index (χ1) is 9.67. The van der Waals surface area contributed by atoms with Crippen molar-refractivity contribution in [2.75, 3.05) is 27.4 Å². The number of aliphatic hydroxyl groups is 1. The molecule has 2 rings (SSSR count). The van der Waals surface area contributed by atoms with E-state index in [1.165, 1.54) is 14.2 Å². The largest absolute Gasteiger partial charge is 0.493 e. The zero-order chi connectivity index (χ0) is 14.5. The molecule has 7 heteroatoms. The SMILES string of the molecule is COc1cc(CO)cc(OC)c1OCC1CNC(=O)O1. The van der Waals surface area contributed by atoms with Gasteiger partial charge in [0.2, 0.25) is 5.75 Å². The first-order valence-corrected chi connectivity index (χ1v) is 6.11. The van der Waals surface area contributed by atoms with Gasteiger partial charge in [-0.2, -0.15) is 0 Å². The van der Waals surface area contributed by atoms with E-state index in [0.29, 0.717) is 29.4 Å². The van der Waals surface area contributed by atoms with E-state index in [0.717, 1.165) is 0 Å². The van der Waals surface area contributed by atoms with Crippen LogP contribution in [0, 0.1) is 0 Å². The number of carbonyl (C=O) groups excluding carboxylic acids is 1. The summed E-state index contributed by atoms with van der Waals surface area (Å²) in [5.41, 5.74) is 0.653. The normalized spacial score (nSPS) is 17.4. The fourth-order valence-corrected chi connectivity index (χ4v) is 1.87. The Morgan fingerprint density at radius 2 is 2.00 bits per heavy atom. The summed E-state index contributed by atoms with van der Waals surface area (Å²) in [5.74, 6) is 1.31. The molecule has 0 spiro atoms. The summed E-state index contributed by atoms with van der Waals surface area (Å²) >= 11 is 0. The molecule has 1 aromatic carbocycles. The number of carbonyl (C=O) groups is 1. The summed E-state index contributed by atoms with van der Waals surface area (Å²) in [5, 5.41) is 11.7. The number of rotatable bonds is 6. The first kappa shape index (κ1) is 14.3. The molecule has 1 amide bonds. The van der Waals surface area contributed by atoms with Crippen molar-refractivity contribution in [2.45, 2.75) is 12.7 Å².